The second-order valence-corrected chi connectivity index (χ2v) is 6.71. The van der Waals surface area contributed by atoms with Crippen LogP contribution in [0.5, 0.6) is 5.75 Å². The van der Waals surface area contributed by atoms with E-state index in [4.69, 9.17) is 4.74 Å². The molecule has 1 aromatic heterocycles. The number of aliphatic hydroxyl groups is 2. The van der Waals surface area contributed by atoms with E-state index in [1.54, 1.807) is 0 Å². The molecule has 0 aliphatic heterocycles. The Morgan fingerprint density at radius 2 is 2.00 bits per heavy atom. The van der Waals surface area contributed by atoms with Crippen molar-refractivity contribution in [3.05, 3.63) is 41.5 Å². The largest absolute Gasteiger partial charge is 0.496 e. The highest BCUT2D eigenvalue weighted by molar-refractivity contribution is 7.99. The van der Waals surface area contributed by atoms with Crippen LogP contribution in [-0.4, -0.2) is 40.5 Å². The quantitative estimate of drug-likeness (QED) is 0.512. The van der Waals surface area contributed by atoms with Crippen molar-refractivity contribution in [2.75, 3.05) is 19.5 Å². The summed E-state index contributed by atoms with van der Waals surface area (Å²) >= 11 is 1.48. The standard InChI is InChI=1S/C18H19N3O5S/c1-25-16-7-12(5-10(8-22)13(16)9-23)27-11-3-4-14-15(6-11)20-17(19-14)21-18(24)26-2/h3-7,22-23H,8-9H2,1-2H3,(H2,19,20,21,24). The van der Waals surface area contributed by atoms with Gasteiger partial charge in [-0.3, -0.25) is 5.32 Å². The first-order valence-corrected chi connectivity index (χ1v) is 8.83. The van der Waals surface area contributed by atoms with Crippen LogP contribution in [0.3, 0.4) is 0 Å². The highest BCUT2D eigenvalue weighted by atomic mass is 32.2. The number of hydrogen-bond acceptors (Lipinski definition) is 7. The zero-order valence-electron chi connectivity index (χ0n) is 14.8. The summed E-state index contributed by atoms with van der Waals surface area (Å²) in [6.07, 6.45) is -0.601. The second kappa shape index (κ2) is 8.30. The van der Waals surface area contributed by atoms with Gasteiger partial charge in [0.2, 0.25) is 5.95 Å². The zero-order valence-corrected chi connectivity index (χ0v) is 15.6. The molecule has 0 spiro atoms. The summed E-state index contributed by atoms with van der Waals surface area (Å²) in [4.78, 5) is 20.4. The van der Waals surface area contributed by atoms with Crippen LogP contribution >= 0.6 is 11.8 Å². The molecule has 3 rings (SSSR count). The van der Waals surface area contributed by atoms with Crippen molar-refractivity contribution in [2.45, 2.75) is 23.0 Å². The van der Waals surface area contributed by atoms with E-state index in [2.05, 4.69) is 20.0 Å². The van der Waals surface area contributed by atoms with E-state index in [0.717, 1.165) is 15.3 Å². The molecule has 27 heavy (non-hydrogen) atoms. The predicted octanol–water partition coefficient (Wildman–Crippen LogP) is 2.89. The average molecular weight is 389 g/mol. The van der Waals surface area contributed by atoms with E-state index in [1.807, 2.05) is 30.3 Å². The molecule has 0 radical (unpaired) electrons. The third-order valence-electron chi connectivity index (χ3n) is 3.92. The first kappa shape index (κ1) is 19.0. The second-order valence-electron chi connectivity index (χ2n) is 5.56. The van der Waals surface area contributed by atoms with Crippen LogP contribution in [-0.2, 0) is 18.0 Å². The number of rotatable bonds is 6. The maximum absolute atomic E-state index is 11.3. The number of aromatic amines is 1. The highest BCUT2D eigenvalue weighted by Crippen LogP contribution is 2.35. The molecule has 2 aromatic carbocycles. The molecule has 0 unspecified atom stereocenters. The molecule has 142 valence electrons. The molecule has 0 fully saturated rings. The number of H-pyrrole nitrogens is 1. The molecule has 0 saturated carbocycles. The number of carbonyl (C=O) groups excluding carboxylic acids is 1. The third kappa shape index (κ3) is 4.16. The zero-order chi connectivity index (χ0) is 19.4. The van der Waals surface area contributed by atoms with Crippen molar-refractivity contribution in [2.24, 2.45) is 0 Å². The van der Waals surface area contributed by atoms with Gasteiger partial charge in [-0.05, 0) is 35.9 Å². The van der Waals surface area contributed by atoms with E-state index in [9.17, 15) is 15.0 Å². The number of methoxy groups -OCH3 is 2. The number of benzene rings is 2. The van der Waals surface area contributed by atoms with Gasteiger partial charge in [0, 0.05) is 15.4 Å². The van der Waals surface area contributed by atoms with Gasteiger partial charge in [0.05, 0.1) is 38.5 Å². The molecule has 3 aromatic rings. The lowest BCUT2D eigenvalue weighted by atomic mass is 10.1. The fourth-order valence-corrected chi connectivity index (χ4v) is 3.58. The number of carbonyl (C=O) groups is 1. The van der Waals surface area contributed by atoms with Gasteiger partial charge in [0.1, 0.15) is 5.75 Å². The molecule has 0 saturated heterocycles. The van der Waals surface area contributed by atoms with Crippen molar-refractivity contribution in [1.82, 2.24) is 9.97 Å². The normalized spacial score (nSPS) is 10.8. The van der Waals surface area contributed by atoms with Gasteiger partial charge in [0.15, 0.2) is 0 Å². The summed E-state index contributed by atoms with van der Waals surface area (Å²) in [5.41, 5.74) is 2.65. The fraction of sp³-hybridized carbons (Fsp3) is 0.222. The van der Waals surface area contributed by atoms with Crippen molar-refractivity contribution in [1.29, 1.82) is 0 Å². The summed E-state index contributed by atoms with van der Waals surface area (Å²) in [7, 11) is 2.81. The topological polar surface area (TPSA) is 117 Å². The molecule has 0 atom stereocenters. The molecular formula is C18H19N3O5S. The van der Waals surface area contributed by atoms with Crippen molar-refractivity contribution in [3.63, 3.8) is 0 Å². The minimum Gasteiger partial charge on any atom is -0.496 e. The van der Waals surface area contributed by atoms with Gasteiger partial charge in [-0.25, -0.2) is 9.78 Å². The summed E-state index contributed by atoms with van der Waals surface area (Å²) in [6.45, 7) is -0.400. The first-order valence-electron chi connectivity index (χ1n) is 8.02. The Labute approximate surface area is 159 Å². The SMILES string of the molecule is COC(=O)Nc1nc2ccc(Sc3cc(CO)c(CO)c(OC)c3)cc2[nH]1. The van der Waals surface area contributed by atoms with Crippen LogP contribution in [0.1, 0.15) is 11.1 Å². The van der Waals surface area contributed by atoms with Gasteiger partial charge >= 0.3 is 6.09 Å². The number of aromatic nitrogens is 2. The van der Waals surface area contributed by atoms with Crippen molar-refractivity contribution in [3.8, 4) is 5.75 Å². The number of amides is 1. The van der Waals surface area contributed by atoms with Gasteiger partial charge in [-0.1, -0.05) is 11.8 Å². The van der Waals surface area contributed by atoms with E-state index >= 15 is 0 Å². The molecule has 1 amide bonds. The number of ether oxygens (including phenoxy) is 2. The molecular weight excluding hydrogens is 370 g/mol. The third-order valence-corrected chi connectivity index (χ3v) is 4.88. The van der Waals surface area contributed by atoms with Gasteiger partial charge in [-0.2, -0.15) is 0 Å². The summed E-state index contributed by atoms with van der Waals surface area (Å²) < 4.78 is 9.88. The van der Waals surface area contributed by atoms with Gasteiger partial charge < -0.3 is 24.7 Å². The van der Waals surface area contributed by atoms with Crippen molar-refractivity contribution < 1.29 is 24.5 Å². The summed E-state index contributed by atoms with van der Waals surface area (Å²) in [5, 5.41) is 21.5. The van der Waals surface area contributed by atoms with Crippen LogP contribution < -0.4 is 10.1 Å². The van der Waals surface area contributed by atoms with Crippen LogP contribution in [0.15, 0.2) is 40.1 Å². The fourth-order valence-electron chi connectivity index (χ4n) is 2.63. The Morgan fingerprint density at radius 3 is 2.67 bits per heavy atom. The molecule has 0 bridgehead atoms. The number of hydrogen-bond donors (Lipinski definition) is 4. The van der Waals surface area contributed by atoms with E-state index in [1.165, 1.54) is 26.0 Å². The molecule has 9 heteroatoms. The smallest absolute Gasteiger partial charge is 0.413 e. The van der Waals surface area contributed by atoms with Crippen LogP contribution in [0.4, 0.5) is 10.7 Å². The molecule has 0 aliphatic rings. The number of nitrogens with zero attached hydrogens (tertiary/aromatic N) is 1. The lowest BCUT2D eigenvalue weighted by molar-refractivity contribution is 0.186. The van der Waals surface area contributed by atoms with Crippen LogP contribution in [0.25, 0.3) is 11.0 Å². The van der Waals surface area contributed by atoms with Crippen LogP contribution in [0.2, 0.25) is 0 Å². The molecule has 4 N–H and O–H groups in total. The number of nitrogens with one attached hydrogen (secondary N) is 2. The molecule has 0 aliphatic carbocycles. The minimum atomic E-state index is -0.601. The number of imidazole rings is 1. The number of aliphatic hydroxyl groups excluding tert-OH is 2. The molecule has 8 nitrogen and oxygen atoms in total. The number of anilines is 1. The Balaban J connectivity index is 1.89. The molecule has 1 heterocycles. The maximum Gasteiger partial charge on any atom is 0.413 e. The maximum atomic E-state index is 11.3. The van der Waals surface area contributed by atoms with E-state index in [-0.39, 0.29) is 13.2 Å². The Morgan fingerprint density at radius 1 is 1.19 bits per heavy atom. The lowest BCUT2D eigenvalue weighted by Gasteiger charge is -2.13. The average Bonchev–Trinajstić information content (AvgIpc) is 3.08. The first-order chi connectivity index (χ1) is 13.1. The highest BCUT2D eigenvalue weighted by Gasteiger charge is 2.12. The van der Waals surface area contributed by atoms with E-state index < -0.39 is 6.09 Å². The Bertz CT molecular complexity index is 948. The van der Waals surface area contributed by atoms with Crippen LogP contribution in [0, 0.1) is 0 Å². The number of fused-ring (bicyclic) bond motifs is 1. The van der Waals surface area contributed by atoms with E-state index in [0.29, 0.717) is 28.3 Å². The van der Waals surface area contributed by atoms with Gasteiger partial charge in [0.25, 0.3) is 0 Å². The predicted molar refractivity (Wildman–Crippen MR) is 101 cm³/mol. The summed E-state index contributed by atoms with van der Waals surface area (Å²) in [5.74, 6) is 0.828. The lowest BCUT2D eigenvalue weighted by Crippen LogP contribution is -2.11. The van der Waals surface area contributed by atoms with Gasteiger partial charge in [-0.15, -0.1) is 0 Å². The van der Waals surface area contributed by atoms with Crippen molar-refractivity contribution >= 4 is 34.8 Å². The monoisotopic (exact) mass is 389 g/mol. The summed E-state index contributed by atoms with van der Waals surface area (Å²) in [6, 6.07) is 9.28. The minimum absolute atomic E-state index is 0.192. The Kier molecular flexibility index (Phi) is 5.84. The Hall–Kier alpha value is -2.75.